The maximum Gasteiger partial charge on any atom is 0.264 e. The van der Waals surface area contributed by atoms with Gasteiger partial charge >= 0.3 is 0 Å². The van der Waals surface area contributed by atoms with Crippen LogP contribution in [0.25, 0.3) is 5.70 Å². The quantitative estimate of drug-likeness (QED) is 0.415. The molecule has 182 valence electrons. The van der Waals surface area contributed by atoms with Crippen molar-refractivity contribution < 1.29 is 13.2 Å². The lowest BCUT2D eigenvalue weighted by Gasteiger charge is -2.32. The molecule has 2 aliphatic rings. The lowest BCUT2D eigenvalue weighted by Crippen LogP contribution is -2.37. The van der Waals surface area contributed by atoms with Gasteiger partial charge in [0.2, 0.25) is 0 Å². The van der Waals surface area contributed by atoms with Crippen LogP contribution in [0.15, 0.2) is 48.0 Å². The number of aryl methyl sites for hydroxylation is 1. The molecule has 6 nitrogen and oxygen atoms in total. The molecule has 1 fully saturated rings. The van der Waals surface area contributed by atoms with Gasteiger partial charge in [-0.3, -0.25) is 9.67 Å². The predicted molar refractivity (Wildman–Crippen MR) is 132 cm³/mol. The first-order chi connectivity index (χ1) is 16.8. The van der Waals surface area contributed by atoms with Crippen molar-refractivity contribution in [2.24, 2.45) is 4.99 Å². The number of aliphatic imine (C=N–C) groups is 1. The monoisotopic (exact) mass is 500 g/mol. The van der Waals surface area contributed by atoms with Crippen LogP contribution in [-0.4, -0.2) is 40.6 Å². The van der Waals surface area contributed by atoms with Gasteiger partial charge in [0.15, 0.2) is 5.82 Å². The maximum absolute atomic E-state index is 15.0. The highest BCUT2D eigenvalue weighted by atomic mass is 35.5. The molecule has 5 rings (SSSR count). The Labute approximate surface area is 206 Å². The van der Waals surface area contributed by atoms with Gasteiger partial charge in [0.25, 0.3) is 6.43 Å². The summed E-state index contributed by atoms with van der Waals surface area (Å²) in [6.45, 7) is 6.39. The number of hydrogen-bond acceptors (Lipinski definition) is 5. The number of pyridine rings is 1. The predicted octanol–water partition coefficient (Wildman–Crippen LogP) is 6.03. The van der Waals surface area contributed by atoms with E-state index in [2.05, 4.69) is 33.0 Å². The number of alkyl halides is 2. The third-order valence-electron chi connectivity index (χ3n) is 6.54. The highest BCUT2D eigenvalue weighted by Crippen LogP contribution is 2.38. The van der Waals surface area contributed by atoms with E-state index in [1.807, 2.05) is 19.3 Å². The fourth-order valence-corrected chi connectivity index (χ4v) is 4.56. The van der Waals surface area contributed by atoms with Crippen LogP contribution in [0.5, 0.6) is 0 Å². The summed E-state index contributed by atoms with van der Waals surface area (Å²) in [5.41, 5.74) is 2.26. The van der Waals surface area contributed by atoms with Gasteiger partial charge in [0.1, 0.15) is 5.82 Å². The summed E-state index contributed by atoms with van der Waals surface area (Å²) < 4.78 is 44.3. The number of benzene rings is 1. The Morgan fingerprint density at radius 2 is 1.91 bits per heavy atom. The summed E-state index contributed by atoms with van der Waals surface area (Å²) in [5, 5.41) is 4.29. The van der Waals surface area contributed by atoms with Crippen molar-refractivity contribution >= 4 is 35.0 Å². The summed E-state index contributed by atoms with van der Waals surface area (Å²) in [5.74, 6) is 0.0780. The summed E-state index contributed by atoms with van der Waals surface area (Å²) in [7, 11) is 0. The van der Waals surface area contributed by atoms with Crippen molar-refractivity contribution in [3.05, 3.63) is 76.1 Å². The maximum atomic E-state index is 15.0. The smallest absolute Gasteiger partial charge is 0.264 e. The first-order valence-corrected chi connectivity index (χ1v) is 11.7. The molecule has 1 saturated heterocycles. The van der Waals surface area contributed by atoms with Crippen LogP contribution in [0.3, 0.4) is 0 Å². The van der Waals surface area contributed by atoms with E-state index in [1.54, 1.807) is 22.0 Å². The van der Waals surface area contributed by atoms with E-state index in [4.69, 9.17) is 11.6 Å². The highest BCUT2D eigenvalue weighted by molar-refractivity contribution is 6.31. The molecule has 0 bridgehead atoms. The fraction of sp³-hybridized carbons (Fsp3) is 0.320. The molecule has 2 aromatic heterocycles. The van der Waals surface area contributed by atoms with Crippen LogP contribution in [0.2, 0.25) is 5.02 Å². The molecule has 0 saturated carbocycles. The second kappa shape index (κ2) is 9.37. The minimum absolute atomic E-state index is 0.118. The number of rotatable bonds is 6. The third kappa shape index (κ3) is 4.29. The Hall–Kier alpha value is -3.33. The topological polar surface area (TPSA) is 49.6 Å². The van der Waals surface area contributed by atoms with Crippen molar-refractivity contribution in [3.8, 4) is 0 Å². The number of aromatic nitrogens is 3. The molecule has 3 aromatic rings. The number of halogens is 4. The second-order valence-electron chi connectivity index (χ2n) is 8.68. The average molecular weight is 501 g/mol. The SMILES string of the molecule is Cc1cc(N2CCC2)ncc1[C@H](C)n1cc(N2CC=NC=C2c2c(C(F)F)ccc(Cl)c2F)cn1. The lowest BCUT2D eigenvalue weighted by molar-refractivity contribution is 0.150. The van der Waals surface area contributed by atoms with Crippen LogP contribution in [0.1, 0.15) is 48.1 Å². The average Bonchev–Trinajstić information content (AvgIpc) is 3.29. The molecule has 0 spiro atoms. The Morgan fingerprint density at radius 1 is 1.11 bits per heavy atom. The first kappa shape index (κ1) is 23.4. The van der Waals surface area contributed by atoms with Gasteiger partial charge in [0, 0.05) is 42.8 Å². The van der Waals surface area contributed by atoms with Crippen LogP contribution in [0, 0.1) is 12.7 Å². The van der Waals surface area contributed by atoms with Gasteiger partial charge in [-0.1, -0.05) is 17.7 Å². The molecule has 35 heavy (non-hydrogen) atoms. The molecular weight excluding hydrogens is 477 g/mol. The summed E-state index contributed by atoms with van der Waals surface area (Å²) in [6.07, 6.45) is 6.62. The number of nitrogens with zero attached hydrogens (tertiary/aromatic N) is 6. The van der Waals surface area contributed by atoms with Gasteiger partial charge in [-0.2, -0.15) is 5.10 Å². The van der Waals surface area contributed by atoms with E-state index in [9.17, 15) is 13.2 Å². The lowest BCUT2D eigenvalue weighted by atomic mass is 10.0. The molecular formula is C25H24ClF3N6. The Kier molecular flexibility index (Phi) is 6.27. The number of anilines is 2. The summed E-state index contributed by atoms with van der Waals surface area (Å²) in [4.78, 5) is 12.7. The molecule has 0 amide bonds. The largest absolute Gasteiger partial charge is 0.356 e. The van der Waals surface area contributed by atoms with Crippen LogP contribution >= 0.6 is 11.6 Å². The molecule has 1 atom stereocenters. The Bertz CT molecular complexity index is 1310. The van der Waals surface area contributed by atoms with Gasteiger partial charge in [0.05, 0.1) is 41.4 Å². The standard InChI is InChI=1S/C25H24ClF3N6/c1-15-10-22(33-7-3-8-33)31-12-19(15)16(2)35-14-17(11-32-35)34-9-6-30-13-21(34)23-18(25(28)29)4-5-20(26)24(23)27/h4-6,10-14,16,25H,3,7-9H2,1-2H3/t16-/m0/s1. The van der Waals surface area contributed by atoms with Crippen LogP contribution < -0.4 is 9.80 Å². The van der Waals surface area contributed by atoms with E-state index in [1.165, 1.54) is 12.6 Å². The highest BCUT2D eigenvalue weighted by Gasteiger charge is 2.28. The van der Waals surface area contributed by atoms with Gasteiger partial charge in [-0.15, -0.1) is 0 Å². The van der Waals surface area contributed by atoms with E-state index < -0.39 is 17.8 Å². The van der Waals surface area contributed by atoms with Crippen LogP contribution in [-0.2, 0) is 0 Å². The minimum atomic E-state index is -2.87. The zero-order valence-corrected chi connectivity index (χ0v) is 20.1. The Balaban J connectivity index is 1.46. The van der Waals surface area contributed by atoms with E-state index in [0.29, 0.717) is 5.69 Å². The molecule has 1 aromatic carbocycles. The van der Waals surface area contributed by atoms with Crippen LogP contribution in [0.4, 0.5) is 24.7 Å². The van der Waals surface area contributed by atoms with E-state index >= 15 is 0 Å². The summed E-state index contributed by atoms with van der Waals surface area (Å²) in [6, 6.07) is 4.26. The molecule has 0 radical (unpaired) electrons. The third-order valence-corrected chi connectivity index (χ3v) is 6.83. The molecule has 0 unspecified atom stereocenters. The molecule has 0 N–H and O–H groups in total. The fourth-order valence-electron chi connectivity index (χ4n) is 4.40. The molecule has 2 aliphatic heterocycles. The van der Waals surface area contributed by atoms with E-state index in [-0.39, 0.29) is 28.9 Å². The zero-order valence-electron chi connectivity index (χ0n) is 19.3. The van der Waals surface area contributed by atoms with Gasteiger partial charge in [-0.05, 0) is 43.5 Å². The van der Waals surface area contributed by atoms with Crippen molar-refractivity contribution in [1.82, 2.24) is 14.8 Å². The molecule has 4 heterocycles. The summed E-state index contributed by atoms with van der Waals surface area (Å²) >= 11 is 5.95. The van der Waals surface area contributed by atoms with Gasteiger partial charge < -0.3 is 9.80 Å². The zero-order chi connectivity index (χ0) is 24.7. The minimum Gasteiger partial charge on any atom is -0.356 e. The van der Waals surface area contributed by atoms with Crippen molar-refractivity contribution in [2.75, 3.05) is 29.4 Å². The normalized spacial score (nSPS) is 16.5. The van der Waals surface area contributed by atoms with Crippen molar-refractivity contribution in [1.29, 1.82) is 0 Å². The van der Waals surface area contributed by atoms with Crippen molar-refractivity contribution in [3.63, 3.8) is 0 Å². The molecule has 0 aliphatic carbocycles. The Morgan fingerprint density at radius 3 is 2.60 bits per heavy atom. The van der Waals surface area contributed by atoms with Crippen molar-refractivity contribution in [2.45, 2.75) is 32.7 Å². The van der Waals surface area contributed by atoms with E-state index in [0.717, 1.165) is 42.2 Å². The first-order valence-electron chi connectivity index (χ1n) is 11.4. The molecule has 10 heteroatoms. The number of hydrogen-bond donors (Lipinski definition) is 0. The van der Waals surface area contributed by atoms with Gasteiger partial charge in [-0.25, -0.2) is 18.2 Å². The second-order valence-corrected chi connectivity index (χ2v) is 9.08.